The summed E-state index contributed by atoms with van der Waals surface area (Å²) >= 11 is 0. The number of anilines is 1. The van der Waals surface area contributed by atoms with Gasteiger partial charge in [-0.2, -0.15) is 0 Å². The van der Waals surface area contributed by atoms with E-state index in [2.05, 4.69) is 4.98 Å². The summed E-state index contributed by atoms with van der Waals surface area (Å²) in [6.07, 6.45) is 0.413. The molecule has 1 aliphatic rings. The highest BCUT2D eigenvalue weighted by Crippen LogP contribution is 2.37. The van der Waals surface area contributed by atoms with E-state index in [1.165, 1.54) is 0 Å². The summed E-state index contributed by atoms with van der Waals surface area (Å²) < 4.78 is 1.55. The molecule has 120 valence electrons. The van der Waals surface area contributed by atoms with Crippen LogP contribution in [0.2, 0.25) is 0 Å². The maximum atomic E-state index is 12.6. The van der Waals surface area contributed by atoms with Gasteiger partial charge in [-0.3, -0.25) is 14.2 Å². The largest absolute Gasteiger partial charge is 0.315 e. The first kappa shape index (κ1) is 14.6. The average Bonchev–Trinajstić information content (AvgIpc) is 2.85. The van der Waals surface area contributed by atoms with Crippen LogP contribution in [0.3, 0.4) is 0 Å². The zero-order valence-electron chi connectivity index (χ0n) is 13.6. The molecule has 3 aromatic rings. The third-order valence-corrected chi connectivity index (χ3v) is 4.76. The van der Waals surface area contributed by atoms with E-state index < -0.39 is 0 Å². The molecule has 0 N–H and O–H groups in total. The van der Waals surface area contributed by atoms with Crippen molar-refractivity contribution >= 4 is 22.5 Å². The van der Waals surface area contributed by atoms with Gasteiger partial charge in [0, 0.05) is 26.2 Å². The quantitative estimate of drug-likeness (QED) is 0.728. The first-order valence-electron chi connectivity index (χ1n) is 7.89. The summed E-state index contributed by atoms with van der Waals surface area (Å²) in [4.78, 5) is 31.5. The fraction of sp³-hybridized carbons (Fsp3) is 0.211. The number of para-hydroxylation sites is 2. The van der Waals surface area contributed by atoms with Crippen LogP contribution in [-0.2, 0) is 18.3 Å². The van der Waals surface area contributed by atoms with Crippen LogP contribution in [-0.4, -0.2) is 22.5 Å². The molecular weight excluding hydrogens is 302 g/mol. The molecule has 24 heavy (non-hydrogen) atoms. The van der Waals surface area contributed by atoms with Crippen LogP contribution in [0.25, 0.3) is 10.9 Å². The van der Waals surface area contributed by atoms with Crippen molar-refractivity contribution in [1.82, 2.24) is 9.55 Å². The molecule has 0 aliphatic carbocycles. The molecule has 2 heterocycles. The standard InChI is InChI=1S/C19H17N3O2/c1-21-16-10-6-4-7-12(16)14(19(21)24)11-17-20-15-9-5-3-8-13(15)18(23)22(17)2/h3-10,14H,11H2,1-2H3/t14-/m0/s1. The van der Waals surface area contributed by atoms with Gasteiger partial charge in [-0.15, -0.1) is 0 Å². The van der Waals surface area contributed by atoms with Crippen molar-refractivity contribution in [2.24, 2.45) is 7.05 Å². The highest BCUT2D eigenvalue weighted by molar-refractivity contribution is 6.04. The molecule has 1 aliphatic heterocycles. The molecule has 0 saturated carbocycles. The highest BCUT2D eigenvalue weighted by atomic mass is 16.2. The Morgan fingerprint density at radius 3 is 2.54 bits per heavy atom. The zero-order valence-corrected chi connectivity index (χ0v) is 13.6. The average molecular weight is 319 g/mol. The number of hydrogen-bond donors (Lipinski definition) is 0. The number of aromatic nitrogens is 2. The Morgan fingerprint density at radius 1 is 1.00 bits per heavy atom. The van der Waals surface area contributed by atoms with E-state index in [0.717, 1.165) is 11.3 Å². The molecule has 1 amide bonds. The van der Waals surface area contributed by atoms with Crippen molar-refractivity contribution < 1.29 is 4.79 Å². The summed E-state index contributed by atoms with van der Waals surface area (Å²) in [5.41, 5.74) is 2.51. The second-order valence-corrected chi connectivity index (χ2v) is 6.12. The number of carbonyl (C=O) groups is 1. The Morgan fingerprint density at radius 2 is 1.71 bits per heavy atom. The van der Waals surface area contributed by atoms with Gasteiger partial charge in [0.15, 0.2) is 0 Å². The van der Waals surface area contributed by atoms with E-state index in [9.17, 15) is 9.59 Å². The highest BCUT2D eigenvalue weighted by Gasteiger charge is 2.35. The second-order valence-electron chi connectivity index (χ2n) is 6.12. The smallest absolute Gasteiger partial charge is 0.261 e. The summed E-state index contributed by atoms with van der Waals surface area (Å²) in [5, 5.41) is 0.596. The number of amides is 1. The SMILES string of the molecule is CN1C(=O)[C@@H](Cc2nc3ccccc3c(=O)n2C)c2ccccc21. The number of hydrogen-bond acceptors (Lipinski definition) is 3. The van der Waals surface area contributed by atoms with E-state index in [0.29, 0.717) is 23.1 Å². The van der Waals surface area contributed by atoms with Crippen molar-refractivity contribution in [3.63, 3.8) is 0 Å². The topological polar surface area (TPSA) is 55.2 Å². The lowest BCUT2D eigenvalue weighted by Crippen LogP contribution is -2.28. The molecule has 5 heteroatoms. The second kappa shape index (κ2) is 5.30. The van der Waals surface area contributed by atoms with Crippen molar-refractivity contribution in [3.05, 3.63) is 70.3 Å². The monoisotopic (exact) mass is 319 g/mol. The fourth-order valence-corrected chi connectivity index (χ4v) is 3.40. The Balaban J connectivity index is 1.82. The predicted molar refractivity (Wildman–Crippen MR) is 93.3 cm³/mol. The lowest BCUT2D eigenvalue weighted by molar-refractivity contribution is -0.119. The van der Waals surface area contributed by atoms with Crippen LogP contribution < -0.4 is 10.5 Å². The summed E-state index contributed by atoms with van der Waals surface area (Å²) in [6.45, 7) is 0. The van der Waals surface area contributed by atoms with Crippen LogP contribution in [0.4, 0.5) is 5.69 Å². The van der Waals surface area contributed by atoms with E-state index in [1.807, 2.05) is 42.5 Å². The minimum Gasteiger partial charge on any atom is -0.315 e. The molecule has 1 atom stereocenters. The molecule has 1 aromatic heterocycles. The van der Waals surface area contributed by atoms with Crippen molar-refractivity contribution in [1.29, 1.82) is 0 Å². The van der Waals surface area contributed by atoms with Gasteiger partial charge in [-0.05, 0) is 23.8 Å². The summed E-state index contributed by atoms with van der Waals surface area (Å²) in [5.74, 6) is 0.367. The number of nitrogens with zero attached hydrogens (tertiary/aromatic N) is 3. The van der Waals surface area contributed by atoms with Crippen molar-refractivity contribution in [2.45, 2.75) is 12.3 Å². The minimum absolute atomic E-state index is 0.0404. The maximum Gasteiger partial charge on any atom is 0.261 e. The van der Waals surface area contributed by atoms with Crippen LogP contribution in [0, 0.1) is 0 Å². The van der Waals surface area contributed by atoms with Crippen LogP contribution in [0.15, 0.2) is 53.3 Å². The van der Waals surface area contributed by atoms with E-state index in [4.69, 9.17) is 0 Å². The van der Waals surface area contributed by atoms with Crippen LogP contribution in [0.5, 0.6) is 0 Å². The minimum atomic E-state index is -0.300. The Bertz CT molecular complexity index is 1020. The van der Waals surface area contributed by atoms with E-state index >= 15 is 0 Å². The number of carbonyl (C=O) groups excluding carboxylic acids is 1. The molecule has 5 nitrogen and oxygen atoms in total. The maximum absolute atomic E-state index is 12.6. The molecule has 0 unspecified atom stereocenters. The first-order valence-corrected chi connectivity index (χ1v) is 7.89. The van der Waals surface area contributed by atoms with Gasteiger partial charge in [0.1, 0.15) is 5.82 Å². The van der Waals surface area contributed by atoms with Crippen molar-refractivity contribution in [3.8, 4) is 0 Å². The van der Waals surface area contributed by atoms with E-state index in [1.54, 1.807) is 29.6 Å². The Hall–Kier alpha value is -2.95. The molecule has 0 bridgehead atoms. The Kier molecular flexibility index (Phi) is 3.23. The molecular formula is C19H17N3O2. The summed E-state index contributed by atoms with van der Waals surface area (Å²) in [6, 6.07) is 15.1. The lowest BCUT2D eigenvalue weighted by atomic mass is 9.97. The van der Waals surface area contributed by atoms with Gasteiger partial charge in [-0.25, -0.2) is 4.98 Å². The van der Waals surface area contributed by atoms with Gasteiger partial charge in [0.2, 0.25) is 5.91 Å². The van der Waals surface area contributed by atoms with Crippen LogP contribution in [0.1, 0.15) is 17.3 Å². The number of fused-ring (bicyclic) bond motifs is 2. The van der Waals surface area contributed by atoms with Crippen LogP contribution >= 0.6 is 0 Å². The van der Waals surface area contributed by atoms with Gasteiger partial charge in [0.25, 0.3) is 5.56 Å². The first-order chi connectivity index (χ1) is 11.6. The fourth-order valence-electron chi connectivity index (χ4n) is 3.40. The van der Waals surface area contributed by atoms with Gasteiger partial charge < -0.3 is 4.90 Å². The van der Waals surface area contributed by atoms with E-state index in [-0.39, 0.29) is 17.4 Å². The van der Waals surface area contributed by atoms with Crippen molar-refractivity contribution in [2.75, 3.05) is 11.9 Å². The number of likely N-dealkylation sites (N-methyl/N-ethyl adjacent to an activating group) is 1. The third kappa shape index (κ3) is 2.05. The van der Waals surface area contributed by atoms with Gasteiger partial charge >= 0.3 is 0 Å². The molecule has 0 fully saturated rings. The molecule has 0 spiro atoms. The lowest BCUT2D eigenvalue weighted by Gasteiger charge is -2.13. The Labute approximate surface area is 139 Å². The molecule has 2 aromatic carbocycles. The molecule has 4 rings (SSSR count). The van der Waals surface area contributed by atoms with Gasteiger partial charge in [-0.1, -0.05) is 30.3 Å². The zero-order chi connectivity index (χ0) is 16.8. The predicted octanol–water partition coefficient (Wildman–Crippen LogP) is 2.24. The number of rotatable bonds is 2. The summed E-state index contributed by atoms with van der Waals surface area (Å²) in [7, 11) is 3.50. The third-order valence-electron chi connectivity index (χ3n) is 4.76. The molecule has 0 radical (unpaired) electrons. The normalized spacial score (nSPS) is 16.7. The number of benzene rings is 2. The molecule has 0 saturated heterocycles. The van der Waals surface area contributed by atoms with Gasteiger partial charge in [0.05, 0.1) is 16.8 Å².